The molecule has 2 N–H and O–H groups in total. The van der Waals surface area contributed by atoms with Crippen LogP contribution in [0.1, 0.15) is 44.6 Å². The largest absolute Gasteiger partial charge is 0.493 e. The van der Waals surface area contributed by atoms with Gasteiger partial charge in [0.1, 0.15) is 0 Å². The van der Waals surface area contributed by atoms with Gasteiger partial charge in [-0.3, -0.25) is 0 Å². The average molecular weight is 277 g/mol. The van der Waals surface area contributed by atoms with Gasteiger partial charge >= 0.3 is 0 Å². The van der Waals surface area contributed by atoms with Crippen molar-refractivity contribution in [2.75, 3.05) is 13.7 Å². The number of nitrogens with two attached hydrogens (primary N) is 1. The van der Waals surface area contributed by atoms with Crippen molar-refractivity contribution in [3.05, 3.63) is 23.8 Å². The van der Waals surface area contributed by atoms with E-state index in [1.165, 1.54) is 19.3 Å². The molecule has 1 fully saturated rings. The van der Waals surface area contributed by atoms with Crippen LogP contribution in [0.15, 0.2) is 18.2 Å². The van der Waals surface area contributed by atoms with Crippen LogP contribution in [0, 0.1) is 5.92 Å². The Bertz CT molecular complexity index is 419. The highest BCUT2D eigenvalue weighted by atomic mass is 16.5. The fourth-order valence-electron chi connectivity index (χ4n) is 3.09. The molecule has 2 unspecified atom stereocenters. The first-order chi connectivity index (χ1) is 9.78. The fraction of sp³-hybridized carbons (Fsp3) is 0.647. The second kappa shape index (κ2) is 7.53. The van der Waals surface area contributed by atoms with E-state index in [0.717, 1.165) is 42.2 Å². The first-order valence-electron chi connectivity index (χ1n) is 7.81. The lowest BCUT2D eigenvalue weighted by Crippen LogP contribution is -2.25. The first-order valence-corrected chi connectivity index (χ1v) is 7.81. The molecular formula is C17H27NO2. The van der Waals surface area contributed by atoms with E-state index < -0.39 is 0 Å². The third-order valence-corrected chi connectivity index (χ3v) is 4.29. The van der Waals surface area contributed by atoms with Crippen LogP contribution in [-0.2, 0) is 6.42 Å². The van der Waals surface area contributed by atoms with Crippen LogP contribution in [0.25, 0.3) is 0 Å². The maximum Gasteiger partial charge on any atom is 0.164 e. The molecule has 0 saturated heterocycles. The van der Waals surface area contributed by atoms with Gasteiger partial charge in [0, 0.05) is 0 Å². The standard InChI is InChI=1S/C17H27NO2/c1-3-13-6-4-8-15(12-13)20-17-14(10-11-18)7-5-9-16(17)19-2/h5,7,9,13,15H,3-4,6,8,10-12,18H2,1-2H3. The lowest BCUT2D eigenvalue weighted by molar-refractivity contribution is 0.117. The summed E-state index contributed by atoms with van der Waals surface area (Å²) >= 11 is 0. The second-order valence-electron chi connectivity index (χ2n) is 5.67. The Hall–Kier alpha value is -1.22. The summed E-state index contributed by atoms with van der Waals surface area (Å²) in [5, 5.41) is 0. The van der Waals surface area contributed by atoms with Crippen molar-refractivity contribution in [2.45, 2.75) is 51.6 Å². The average Bonchev–Trinajstić information content (AvgIpc) is 2.49. The first kappa shape index (κ1) is 15.2. The Morgan fingerprint density at radius 1 is 1.30 bits per heavy atom. The quantitative estimate of drug-likeness (QED) is 0.865. The van der Waals surface area contributed by atoms with E-state index in [1.807, 2.05) is 12.1 Å². The van der Waals surface area contributed by atoms with Crippen molar-refractivity contribution < 1.29 is 9.47 Å². The van der Waals surface area contributed by atoms with Crippen LogP contribution < -0.4 is 15.2 Å². The number of benzene rings is 1. The second-order valence-corrected chi connectivity index (χ2v) is 5.67. The smallest absolute Gasteiger partial charge is 0.164 e. The Morgan fingerprint density at radius 3 is 2.85 bits per heavy atom. The molecule has 2 atom stereocenters. The third-order valence-electron chi connectivity index (χ3n) is 4.29. The minimum atomic E-state index is 0.321. The normalized spacial score (nSPS) is 22.6. The van der Waals surface area contributed by atoms with Crippen LogP contribution >= 0.6 is 0 Å². The highest BCUT2D eigenvalue weighted by Crippen LogP contribution is 2.36. The minimum absolute atomic E-state index is 0.321. The maximum atomic E-state index is 6.31. The van der Waals surface area contributed by atoms with Crippen molar-refractivity contribution in [1.29, 1.82) is 0 Å². The van der Waals surface area contributed by atoms with Gasteiger partial charge in [0.2, 0.25) is 0 Å². The van der Waals surface area contributed by atoms with Crippen molar-refractivity contribution in [2.24, 2.45) is 11.7 Å². The summed E-state index contributed by atoms with van der Waals surface area (Å²) in [5.41, 5.74) is 6.86. The number of hydrogen-bond acceptors (Lipinski definition) is 3. The van der Waals surface area contributed by atoms with Crippen LogP contribution in [-0.4, -0.2) is 19.8 Å². The molecule has 2 rings (SSSR count). The van der Waals surface area contributed by atoms with E-state index in [0.29, 0.717) is 12.6 Å². The predicted molar refractivity (Wildman–Crippen MR) is 82.4 cm³/mol. The summed E-state index contributed by atoms with van der Waals surface area (Å²) < 4.78 is 11.8. The lowest BCUT2D eigenvalue weighted by Gasteiger charge is -2.30. The van der Waals surface area contributed by atoms with E-state index in [4.69, 9.17) is 15.2 Å². The van der Waals surface area contributed by atoms with Crippen molar-refractivity contribution >= 4 is 0 Å². The molecule has 0 amide bonds. The van der Waals surface area contributed by atoms with Gasteiger partial charge in [-0.2, -0.15) is 0 Å². The monoisotopic (exact) mass is 277 g/mol. The summed E-state index contributed by atoms with van der Waals surface area (Å²) in [5.74, 6) is 2.54. The Morgan fingerprint density at radius 2 is 2.15 bits per heavy atom. The van der Waals surface area contributed by atoms with Crippen LogP contribution in [0.2, 0.25) is 0 Å². The zero-order valence-corrected chi connectivity index (χ0v) is 12.7. The minimum Gasteiger partial charge on any atom is -0.493 e. The van der Waals surface area contributed by atoms with Crippen LogP contribution in [0.5, 0.6) is 11.5 Å². The van der Waals surface area contributed by atoms with Gasteiger partial charge in [0.15, 0.2) is 11.5 Å². The molecule has 0 spiro atoms. The molecule has 20 heavy (non-hydrogen) atoms. The number of methoxy groups -OCH3 is 1. The lowest BCUT2D eigenvalue weighted by atomic mass is 9.85. The van der Waals surface area contributed by atoms with Gasteiger partial charge in [0.05, 0.1) is 13.2 Å². The Balaban J connectivity index is 2.14. The van der Waals surface area contributed by atoms with Gasteiger partial charge in [-0.1, -0.05) is 31.9 Å². The summed E-state index contributed by atoms with van der Waals surface area (Å²) in [6.45, 7) is 2.90. The van der Waals surface area contributed by atoms with Gasteiger partial charge in [-0.25, -0.2) is 0 Å². The molecule has 1 aromatic rings. The highest BCUT2D eigenvalue weighted by Gasteiger charge is 2.24. The molecule has 3 nitrogen and oxygen atoms in total. The molecular weight excluding hydrogens is 250 g/mol. The molecule has 0 aliphatic heterocycles. The molecule has 0 aromatic heterocycles. The zero-order chi connectivity index (χ0) is 14.4. The molecule has 1 aliphatic rings. The molecule has 1 aliphatic carbocycles. The summed E-state index contributed by atoms with van der Waals surface area (Å²) in [6, 6.07) is 6.06. The molecule has 1 aromatic carbocycles. The SMILES string of the molecule is CCC1CCCC(Oc2c(CCN)cccc2OC)C1. The van der Waals surface area contributed by atoms with Crippen molar-refractivity contribution in [1.82, 2.24) is 0 Å². The fourth-order valence-corrected chi connectivity index (χ4v) is 3.09. The summed E-state index contributed by atoms with van der Waals surface area (Å²) in [7, 11) is 1.70. The summed E-state index contributed by atoms with van der Waals surface area (Å²) in [6.07, 6.45) is 7.33. The van der Waals surface area contributed by atoms with Gasteiger partial charge in [-0.15, -0.1) is 0 Å². The molecule has 0 heterocycles. The maximum absolute atomic E-state index is 6.31. The topological polar surface area (TPSA) is 44.5 Å². The zero-order valence-electron chi connectivity index (χ0n) is 12.7. The van der Waals surface area contributed by atoms with Gasteiger partial charge in [0.25, 0.3) is 0 Å². The van der Waals surface area contributed by atoms with E-state index in [1.54, 1.807) is 7.11 Å². The summed E-state index contributed by atoms with van der Waals surface area (Å²) in [4.78, 5) is 0. The Labute approximate surface area is 122 Å². The molecule has 3 heteroatoms. The number of ether oxygens (including phenoxy) is 2. The number of hydrogen-bond donors (Lipinski definition) is 1. The molecule has 0 radical (unpaired) electrons. The highest BCUT2D eigenvalue weighted by molar-refractivity contribution is 5.47. The van der Waals surface area contributed by atoms with E-state index >= 15 is 0 Å². The number of rotatable bonds is 6. The van der Waals surface area contributed by atoms with Gasteiger partial charge in [-0.05, 0) is 49.8 Å². The third kappa shape index (κ3) is 3.66. The number of para-hydroxylation sites is 1. The van der Waals surface area contributed by atoms with Crippen molar-refractivity contribution in [3.8, 4) is 11.5 Å². The van der Waals surface area contributed by atoms with E-state index in [-0.39, 0.29) is 0 Å². The molecule has 0 bridgehead atoms. The Kier molecular flexibility index (Phi) is 5.72. The van der Waals surface area contributed by atoms with Crippen LogP contribution in [0.3, 0.4) is 0 Å². The van der Waals surface area contributed by atoms with E-state index in [9.17, 15) is 0 Å². The van der Waals surface area contributed by atoms with Crippen LogP contribution in [0.4, 0.5) is 0 Å². The predicted octanol–water partition coefficient (Wildman–Crippen LogP) is 3.54. The van der Waals surface area contributed by atoms with E-state index in [2.05, 4.69) is 13.0 Å². The molecule has 112 valence electrons. The van der Waals surface area contributed by atoms with Crippen molar-refractivity contribution in [3.63, 3.8) is 0 Å². The van der Waals surface area contributed by atoms with Gasteiger partial charge < -0.3 is 15.2 Å². The molecule has 1 saturated carbocycles.